The fraction of sp³-hybridized carbons (Fsp3) is 0.677. The molecule has 1 aliphatic rings. The van der Waals surface area contributed by atoms with Crippen molar-refractivity contribution in [1.82, 2.24) is 0 Å². The van der Waals surface area contributed by atoms with Gasteiger partial charge in [-0.25, -0.2) is 0 Å². The zero-order valence-corrected chi connectivity index (χ0v) is 21.9. The van der Waals surface area contributed by atoms with Crippen LogP contribution in [0.15, 0.2) is 54.3 Å². The van der Waals surface area contributed by atoms with E-state index in [2.05, 4.69) is 19.1 Å². The van der Waals surface area contributed by atoms with E-state index in [1.807, 2.05) is 36.4 Å². The number of rotatable bonds is 21. The van der Waals surface area contributed by atoms with E-state index in [-0.39, 0.29) is 0 Å². The molecule has 34 heavy (non-hydrogen) atoms. The molecule has 192 valence electrons. The van der Waals surface area contributed by atoms with E-state index in [0.29, 0.717) is 13.0 Å². The highest BCUT2D eigenvalue weighted by Crippen LogP contribution is 2.24. The first kappa shape index (κ1) is 28.7. The fourth-order valence-electron chi connectivity index (χ4n) is 4.55. The number of ether oxygens (including phenoxy) is 2. The molecule has 0 heterocycles. The minimum Gasteiger partial charge on any atom is -0.498 e. The van der Waals surface area contributed by atoms with Gasteiger partial charge in [-0.2, -0.15) is 0 Å². The molecule has 0 saturated carbocycles. The third kappa shape index (κ3) is 14.0. The summed E-state index contributed by atoms with van der Waals surface area (Å²) in [6.07, 6.45) is 28.7. The average Bonchev–Trinajstić information content (AvgIpc) is 2.85. The van der Waals surface area contributed by atoms with Crippen LogP contribution in [-0.2, 0) is 16.1 Å². The maximum atomic E-state index is 6.43. The van der Waals surface area contributed by atoms with Crippen molar-refractivity contribution in [3.05, 3.63) is 59.9 Å². The van der Waals surface area contributed by atoms with Crippen molar-refractivity contribution in [2.24, 2.45) is 5.73 Å². The molecule has 3 nitrogen and oxygen atoms in total. The van der Waals surface area contributed by atoms with Crippen LogP contribution in [0.2, 0.25) is 0 Å². The van der Waals surface area contributed by atoms with Crippen LogP contribution in [0.3, 0.4) is 0 Å². The Kier molecular flexibility index (Phi) is 15.8. The summed E-state index contributed by atoms with van der Waals surface area (Å²) in [5.41, 5.74) is 6.78. The molecule has 1 aromatic rings. The van der Waals surface area contributed by atoms with Gasteiger partial charge in [0.15, 0.2) is 0 Å². The molecule has 0 amide bonds. The average molecular weight is 470 g/mol. The maximum Gasteiger partial charge on any atom is 0.143 e. The number of allylic oxidation sites excluding steroid dienone is 2. The van der Waals surface area contributed by atoms with Gasteiger partial charge in [0.25, 0.3) is 0 Å². The largest absolute Gasteiger partial charge is 0.498 e. The molecule has 1 aliphatic carbocycles. The molecule has 0 saturated heterocycles. The Hall–Kier alpha value is -1.58. The number of unbranched alkanes of at least 4 members (excludes halogenated alkanes) is 15. The molecule has 3 heteroatoms. The van der Waals surface area contributed by atoms with E-state index < -0.39 is 5.72 Å². The Morgan fingerprint density at radius 3 is 1.82 bits per heavy atom. The summed E-state index contributed by atoms with van der Waals surface area (Å²) < 4.78 is 12.0. The molecule has 1 atom stereocenters. The van der Waals surface area contributed by atoms with E-state index in [4.69, 9.17) is 15.2 Å². The zero-order chi connectivity index (χ0) is 24.2. The summed E-state index contributed by atoms with van der Waals surface area (Å²) >= 11 is 0. The quantitative estimate of drug-likeness (QED) is 0.144. The zero-order valence-electron chi connectivity index (χ0n) is 21.9. The van der Waals surface area contributed by atoms with Crippen LogP contribution in [0, 0.1) is 0 Å². The highest BCUT2D eigenvalue weighted by Gasteiger charge is 2.27. The van der Waals surface area contributed by atoms with E-state index >= 15 is 0 Å². The lowest BCUT2D eigenvalue weighted by molar-refractivity contribution is -0.0266. The summed E-state index contributed by atoms with van der Waals surface area (Å²) in [5, 5.41) is 0. The molecule has 2 rings (SSSR count). The lowest BCUT2D eigenvalue weighted by atomic mass is 10.0. The smallest absolute Gasteiger partial charge is 0.143 e. The molecule has 1 unspecified atom stereocenters. The standard InChI is InChI=1S/C31H51NO2/c1-2-3-4-5-6-7-8-9-10-11-12-13-14-15-16-20-26-33-30-24-21-25-31(32,27-30)34-28-29-22-18-17-19-23-29/h17-19,21-25H,2-16,20,26-28,32H2,1H3. The molecule has 0 aliphatic heterocycles. The normalized spacial score (nSPS) is 17.6. The first-order chi connectivity index (χ1) is 16.7. The second kappa shape index (κ2) is 18.7. The van der Waals surface area contributed by atoms with Gasteiger partial charge in [-0.1, -0.05) is 140 Å². The second-order valence-electron chi connectivity index (χ2n) is 10.0. The van der Waals surface area contributed by atoms with Crippen molar-refractivity contribution in [2.45, 2.75) is 128 Å². The molecule has 0 aromatic heterocycles. The van der Waals surface area contributed by atoms with Gasteiger partial charge < -0.3 is 9.47 Å². The Balaban J connectivity index is 1.37. The number of hydrogen-bond acceptors (Lipinski definition) is 3. The van der Waals surface area contributed by atoms with Crippen LogP contribution in [0.1, 0.15) is 122 Å². The van der Waals surface area contributed by atoms with Crippen molar-refractivity contribution in [1.29, 1.82) is 0 Å². The van der Waals surface area contributed by atoms with Crippen LogP contribution in [0.25, 0.3) is 0 Å². The van der Waals surface area contributed by atoms with E-state index in [1.165, 1.54) is 96.3 Å². The Labute approximate surface area is 210 Å². The number of benzene rings is 1. The molecule has 2 N–H and O–H groups in total. The Morgan fingerprint density at radius 1 is 0.735 bits per heavy atom. The van der Waals surface area contributed by atoms with E-state index in [0.717, 1.165) is 24.4 Å². The summed E-state index contributed by atoms with van der Waals surface area (Å²) in [7, 11) is 0. The van der Waals surface area contributed by atoms with Crippen molar-refractivity contribution in [3.8, 4) is 0 Å². The molecule has 0 fully saturated rings. The number of nitrogens with two attached hydrogens (primary N) is 1. The van der Waals surface area contributed by atoms with Gasteiger partial charge >= 0.3 is 0 Å². The minimum atomic E-state index is -0.783. The molecular weight excluding hydrogens is 418 g/mol. The monoisotopic (exact) mass is 469 g/mol. The Morgan fingerprint density at radius 2 is 1.26 bits per heavy atom. The first-order valence-electron chi connectivity index (χ1n) is 14.2. The van der Waals surface area contributed by atoms with Gasteiger partial charge in [0.05, 0.1) is 19.6 Å². The summed E-state index contributed by atoms with van der Waals surface area (Å²) in [6, 6.07) is 10.2. The van der Waals surface area contributed by atoms with Crippen LogP contribution in [0.5, 0.6) is 0 Å². The highest BCUT2D eigenvalue weighted by atomic mass is 16.5. The third-order valence-electron chi connectivity index (χ3n) is 6.75. The topological polar surface area (TPSA) is 44.5 Å². The van der Waals surface area contributed by atoms with Crippen LogP contribution < -0.4 is 5.73 Å². The lowest BCUT2D eigenvalue weighted by Gasteiger charge is -2.29. The minimum absolute atomic E-state index is 0.508. The first-order valence-corrected chi connectivity index (χ1v) is 14.2. The van der Waals surface area contributed by atoms with Gasteiger partial charge in [0, 0.05) is 0 Å². The van der Waals surface area contributed by atoms with Crippen molar-refractivity contribution in [3.63, 3.8) is 0 Å². The van der Waals surface area contributed by atoms with Gasteiger partial charge in [-0.3, -0.25) is 5.73 Å². The summed E-state index contributed by atoms with van der Waals surface area (Å²) in [4.78, 5) is 0. The second-order valence-corrected chi connectivity index (χ2v) is 10.0. The predicted molar refractivity (Wildman–Crippen MR) is 145 cm³/mol. The van der Waals surface area contributed by atoms with Gasteiger partial charge in [0.2, 0.25) is 0 Å². The van der Waals surface area contributed by atoms with Gasteiger partial charge in [0.1, 0.15) is 11.5 Å². The van der Waals surface area contributed by atoms with Crippen LogP contribution >= 0.6 is 0 Å². The molecule has 0 spiro atoms. The van der Waals surface area contributed by atoms with E-state index in [1.54, 1.807) is 0 Å². The van der Waals surface area contributed by atoms with Crippen molar-refractivity contribution >= 4 is 0 Å². The van der Waals surface area contributed by atoms with Gasteiger partial charge in [-0.05, 0) is 24.1 Å². The molecule has 1 aromatic carbocycles. The summed E-state index contributed by atoms with van der Waals surface area (Å²) in [5.74, 6) is 0.930. The Bertz CT molecular complexity index is 669. The van der Waals surface area contributed by atoms with Gasteiger partial charge in [-0.15, -0.1) is 0 Å². The molecule has 0 radical (unpaired) electrons. The predicted octanol–water partition coefficient (Wildman–Crippen LogP) is 8.98. The van der Waals surface area contributed by atoms with Crippen LogP contribution in [0.4, 0.5) is 0 Å². The van der Waals surface area contributed by atoms with Crippen molar-refractivity contribution in [2.75, 3.05) is 6.61 Å². The van der Waals surface area contributed by atoms with E-state index in [9.17, 15) is 0 Å². The maximum absolute atomic E-state index is 6.43. The third-order valence-corrected chi connectivity index (χ3v) is 6.75. The fourth-order valence-corrected chi connectivity index (χ4v) is 4.55. The lowest BCUT2D eigenvalue weighted by Crippen LogP contribution is -2.42. The highest BCUT2D eigenvalue weighted by molar-refractivity contribution is 5.21. The molecule has 0 bridgehead atoms. The number of hydrogen-bond donors (Lipinski definition) is 1. The van der Waals surface area contributed by atoms with Crippen LogP contribution in [-0.4, -0.2) is 12.3 Å². The van der Waals surface area contributed by atoms with Crippen molar-refractivity contribution < 1.29 is 9.47 Å². The molecular formula is C31H51NO2. The SMILES string of the molecule is CCCCCCCCCCCCCCCCCCOC1=CC=CC(N)(OCc2ccccc2)C1. The summed E-state index contributed by atoms with van der Waals surface area (Å²) in [6.45, 7) is 3.57.